The zero-order valence-corrected chi connectivity index (χ0v) is 15.2. The fourth-order valence-electron chi connectivity index (χ4n) is 3.47. The van der Waals surface area contributed by atoms with Gasteiger partial charge < -0.3 is 5.32 Å². The average molecular weight is 380 g/mol. The van der Waals surface area contributed by atoms with E-state index in [0.717, 1.165) is 39.3 Å². The van der Waals surface area contributed by atoms with E-state index in [1.54, 1.807) is 30.5 Å². The number of hydrogen-bond acceptors (Lipinski definition) is 5. The van der Waals surface area contributed by atoms with Crippen LogP contribution in [0.4, 0.5) is 5.69 Å². The lowest BCUT2D eigenvalue weighted by Gasteiger charge is -2.47. The first-order chi connectivity index (χ1) is 12.1. The van der Waals surface area contributed by atoms with Gasteiger partial charge in [-0.1, -0.05) is 23.2 Å². The Balaban J connectivity index is 1.50. The minimum Gasteiger partial charge on any atom is -0.381 e. The fraction of sp³-hybridized carbons (Fsp3) is 0.412. The van der Waals surface area contributed by atoms with E-state index in [4.69, 9.17) is 23.2 Å². The lowest BCUT2D eigenvalue weighted by Crippen LogP contribution is -2.62. The molecule has 0 saturated carbocycles. The Bertz CT molecular complexity index is 815. The van der Waals surface area contributed by atoms with E-state index in [9.17, 15) is 4.79 Å². The van der Waals surface area contributed by atoms with Gasteiger partial charge in [0.25, 0.3) is 5.56 Å². The molecule has 1 aromatic heterocycles. The third kappa shape index (κ3) is 3.40. The van der Waals surface area contributed by atoms with Gasteiger partial charge in [0.1, 0.15) is 5.02 Å². The van der Waals surface area contributed by atoms with Crippen molar-refractivity contribution in [3.63, 3.8) is 0 Å². The highest BCUT2D eigenvalue weighted by Crippen LogP contribution is 2.20. The van der Waals surface area contributed by atoms with Crippen LogP contribution in [0.25, 0.3) is 5.69 Å². The first kappa shape index (κ1) is 16.8. The van der Waals surface area contributed by atoms with Gasteiger partial charge in [0.2, 0.25) is 0 Å². The van der Waals surface area contributed by atoms with Gasteiger partial charge in [0, 0.05) is 50.3 Å². The van der Waals surface area contributed by atoms with E-state index >= 15 is 0 Å². The maximum absolute atomic E-state index is 12.5. The summed E-state index contributed by atoms with van der Waals surface area (Å²) < 4.78 is 1.28. The first-order valence-corrected chi connectivity index (χ1v) is 9.11. The van der Waals surface area contributed by atoms with Crippen molar-refractivity contribution in [2.45, 2.75) is 6.04 Å². The third-order valence-electron chi connectivity index (χ3n) is 4.91. The molecule has 1 atom stereocenters. The molecule has 0 amide bonds. The van der Waals surface area contributed by atoms with Gasteiger partial charge in [0.15, 0.2) is 0 Å². The molecule has 0 radical (unpaired) electrons. The van der Waals surface area contributed by atoms with Crippen LogP contribution < -0.4 is 10.9 Å². The lowest BCUT2D eigenvalue weighted by atomic mass is 10.1. The molecule has 2 bridgehead atoms. The zero-order chi connectivity index (χ0) is 17.4. The Morgan fingerprint density at radius 1 is 1.12 bits per heavy atom. The number of aromatic nitrogens is 2. The molecular weight excluding hydrogens is 361 g/mol. The molecule has 8 heteroatoms. The van der Waals surface area contributed by atoms with Gasteiger partial charge in [-0.05, 0) is 24.3 Å². The Morgan fingerprint density at radius 2 is 1.84 bits per heavy atom. The number of halogens is 2. The maximum Gasteiger partial charge on any atom is 0.292 e. The van der Waals surface area contributed by atoms with Crippen LogP contribution in [0.5, 0.6) is 0 Å². The summed E-state index contributed by atoms with van der Waals surface area (Å²) in [6.07, 6.45) is 1.61. The van der Waals surface area contributed by atoms with Crippen molar-refractivity contribution in [2.24, 2.45) is 0 Å². The predicted molar refractivity (Wildman–Crippen MR) is 100 cm³/mol. The van der Waals surface area contributed by atoms with Crippen molar-refractivity contribution < 1.29 is 0 Å². The van der Waals surface area contributed by atoms with Crippen LogP contribution in [0.3, 0.4) is 0 Å². The van der Waals surface area contributed by atoms with Gasteiger partial charge in [-0.25, -0.2) is 0 Å². The Labute approximate surface area is 155 Å². The highest BCUT2D eigenvalue weighted by Gasteiger charge is 2.31. The predicted octanol–water partition coefficient (Wildman–Crippen LogP) is 1.95. The van der Waals surface area contributed by atoms with Crippen LogP contribution in [-0.4, -0.2) is 64.9 Å². The number of hydrogen-bond donors (Lipinski definition) is 1. The molecule has 132 valence electrons. The van der Waals surface area contributed by atoms with Crippen LogP contribution in [0.2, 0.25) is 10.0 Å². The number of fused-ring (bicyclic) bond motifs is 3. The summed E-state index contributed by atoms with van der Waals surface area (Å²) in [5.74, 6) is 0. The van der Waals surface area contributed by atoms with Crippen molar-refractivity contribution in [1.29, 1.82) is 0 Å². The summed E-state index contributed by atoms with van der Waals surface area (Å²) in [6, 6.07) is 7.35. The Hall–Kier alpha value is -1.60. The van der Waals surface area contributed by atoms with Gasteiger partial charge in [-0.15, -0.1) is 0 Å². The summed E-state index contributed by atoms with van der Waals surface area (Å²) in [4.78, 5) is 17.5. The highest BCUT2D eigenvalue weighted by molar-refractivity contribution is 6.33. The summed E-state index contributed by atoms with van der Waals surface area (Å²) in [5.41, 5.74) is 0.865. The number of rotatable bonds is 4. The van der Waals surface area contributed by atoms with Crippen molar-refractivity contribution >= 4 is 28.9 Å². The molecule has 1 N–H and O–H groups in total. The Morgan fingerprint density at radius 3 is 2.48 bits per heavy atom. The second-order valence-corrected chi connectivity index (χ2v) is 7.25. The van der Waals surface area contributed by atoms with E-state index in [1.165, 1.54) is 4.68 Å². The molecule has 1 aromatic carbocycles. The molecule has 0 spiro atoms. The van der Waals surface area contributed by atoms with Gasteiger partial charge in [-0.3, -0.25) is 14.6 Å². The summed E-state index contributed by atoms with van der Waals surface area (Å²) in [5, 5.41) is 8.30. The lowest BCUT2D eigenvalue weighted by molar-refractivity contribution is 0.0189. The number of nitrogens with one attached hydrogen (secondary N) is 1. The van der Waals surface area contributed by atoms with Crippen molar-refractivity contribution in [2.75, 3.05) is 44.6 Å². The van der Waals surface area contributed by atoms with Crippen LogP contribution in [0.15, 0.2) is 35.3 Å². The molecule has 0 aliphatic carbocycles. The van der Waals surface area contributed by atoms with Gasteiger partial charge in [-0.2, -0.15) is 9.78 Å². The molecule has 3 saturated heterocycles. The molecule has 5 rings (SSSR count). The number of benzene rings is 1. The van der Waals surface area contributed by atoms with Crippen LogP contribution in [0.1, 0.15) is 0 Å². The summed E-state index contributed by atoms with van der Waals surface area (Å²) in [7, 11) is 0. The second kappa shape index (κ2) is 6.96. The van der Waals surface area contributed by atoms with E-state index < -0.39 is 0 Å². The van der Waals surface area contributed by atoms with E-state index in [-0.39, 0.29) is 10.6 Å². The standard InChI is InChI=1S/C17H19Cl2N5O/c18-12-1-3-13(4-2-12)24-17(25)16(19)15(10-21-24)20-9-14-11-22-5-7-23(14)8-6-22/h1-4,10,14,20H,5-9,11H2. The largest absolute Gasteiger partial charge is 0.381 e. The molecule has 6 nitrogen and oxygen atoms in total. The first-order valence-electron chi connectivity index (χ1n) is 8.36. The van der Waals surface area contributed by atoms with Gasteiger partial charge >= 0.3 is 0 Å². The summed E-state index contributed by atoms with van der Waals surface area (Å²) >= 11 is 12.2. The van der Waals surface area contributed by atoms with Crippen LogP contribution >= 0.6 is 23.2 Å². The van der Waals surface area contributed by atoms with Crippen molar-refractivity contribution in [3.05, 3.63) is 50.9 Å². The van der Waals surface area contributed by atoms with Crippen molar-refractivity contribution in [1.82, 2.24) is 19.6 Å². The number of piperazine rings is 3. The van der Waals surface area contributed by atoms with E-state index in [0.29, 0.717) is 22.4 Å². The third-order valence-corrected chi connectivity index (χ3v) is 5.53. The summed E-state index contributed by atoms with van der Waals surface area (Å²) in [6.45, 7) is 6.32. The molecule has 3 aliphatic rings. The molecule has 4 heterocycles. The van der Waals surface area contributed by atoms with Crippen LogP contribution in [-0.2, 0) is 0 Å². The van der Waals surface area contributed by atoms with E-state index in [1.807, 2.05) is 0 Å². The minimum atomic E-state index is -0.344. The van der Waals surface area contributed by atoms with Crippen molar-refractivity contribution in [3.8, 4) is 5.69 Å². The van der Waals surface area contributed by atoms with E-state index in [2.05, 4.69) is 20.2 Å². The maximum atomic E-state index is 12.5. The second-order valence-electron chi connectivity index (χ2n) is 6.44. The molecule has 3 fully saturated rings. The minimum absolute atomic E-state index is 0.154. The molecule has 25 heavy (non-hydrogen) atoms. The topological polar surface area (TPSA) is 53.4 Å². The highest BCUT2D eigenvalue weighted by atomic mass is 35.5. The molecular formula is C17H19Cl2N5O. The Kier molecular flexibility index (Phi) is 4.69. The smallest absolute Gasteiger partial charge is 0.292 e. The SMILES string of the molecule is O=c1c(Cl)c(NCC2CN3CCN2CC3)cnn1-c1ccc(Cl)cc1. The fourth-order valence-corrected chi connectivity index (χ4v) is 3.79. The normalized spacial score (nSPS) is 25.1. The quantitative estimate of drug-likeness (QED) is 0.879. The molecule has 1 unspecified atom stereocenters. The molecule has 3 aliphatic heterocycles. The zero-order valence-electron chi connectivity index (χ0n) is 13.7. The number of anilines is 1. The number of nitrogens with zero attached hydrogens (tertiary/aromatic N) is 4. The molecule has 2 aromatic rings. The monoisotopic (exact) mass is 379 g/mol. The van der Waals surface area contributed by atoms with Crippen LogP contribution in [0, 0.1) is 0 Å². The van der Waals surface area contributed by atoms with Gasteiger partial charge in [0.05, 0.1) is 17.6 Å². The average Bonchev–Trinajstić information content (AvgIpc) is 2.65.